The van der Waals surface area contributed by atoms with E-state index >= 15 is 0 Å². The summed E-state index contributed by atoms with van der Waals surface area (Å²) in [5.41, 5.74) is 26.4. The number of nitrogens with one attached hydrogen (secondary N) is 4. The first-order valence-corrected chi connectivity index (χ1v) is 35.0. The minimum absolute atomic E-state index is 0.00338. The molecule has 0 aliphatic heterocycles. The quantitative estimate of drug-likeness (QED) is 0.0370. The van der Waals surface area contributed by atoms with Crippen LogP contribution in [0.3, 0.4) is 0 Å². The van der Waals surface area contributed by atoms with Crippen molar-refractivity contribution in [2.75, 3.05) is 44.2 Å². The van der Waals surface area contributed by atoms with E-state index in [0.29, 0.717) is 89.1 Å². The molecule has 0 amide bonds. The second-order valence-corrected chi connectivity index (χ2v) is 25.8. The molecule has 0 unspecified atom stereocenters. The Balaban J connectivity index is 0.000000139. The summed E-state index contributed by atoms with van der Waals surface area (Å²) in [5.74, 6) is -7.63. The number of benzene rings is 6. The number of pyridine rings is 2. The van der Waals surface area contributed by atoms with Gasteiger partial charge in [-0.3, -0.25) is 18.3 Å². The molecular formula is C74H52Cl2F16N26O3. The molecule has 121 heavy (non-hydrogen) atoms. The minimum Gasteiger partial charge on any atom is -0.435 e. The van der Waals surface area contributed by atoms with E-state index in [0.717, 1.165) is 36.4 Å². The molecule has 10 aromatic heterocycles. The van der Waals surface area contributed by atoms with Gasteiger partial charge in [-0.2, -0.15) is 96.9 Å². The van der Waals surface area contributed by atoms with Crippen LogP contribution in [0.4, 0.5) is 140 Å². The fraction of sp³-hybridized carbons (Fsp3) is 0.108. The Bertz CT molecular complexity index is 6570. The molecule has 0 saturated carbocycles. The minimum atomic E-state index is -4.48. The van der Waals surface area contributed by atoms with Crippen molar-refractivity contribution in [2.24, 2.45) is 0 Å². The van der Waals surface area contributed by atoms with Crippen molar-refractivity contribution in [1.82, 2.24) is 88.0 Å². The molecule has 10 heterocycles. The van der Waals surface area contributed by atoms with Crippen LogP contribution in [0.25, 0.3) is 68.2 Å². The lowest BCUT2D eigenvalue weighted by Crippen LogP contribution is -2.11. The Morgan fingerprint density at radius 2 is 0.669 bits per heavy atom. The predicted octanol–water partition coefficient (Wildman–Crippen LogP) is 17.7. The number of nitrogens with two attached hydrogens (primary N) is 4. The van der Waals surface area contributed by atoms with Gasteiger partial charge < -0.3 is 58.4 Å². The van der Waals surface area contributed by atoms with Gasteiger partial charge in [0.05, 0.1) is 48.7 Å². The third-order valence-corrected chi connectivity index (χ3v) is 17.1. The fourth-order valence-corrected chi connectivity index (χ4v) is 11.8. The third kappa shape index (κ3) is 19.1. The van der Waals surface area contributed by atoms with Crippen LogP contribution in [-0.4, -0.2) is 108 Å². The Kier molecular flexibility index (Phi) is 24.1. The van der Waals surface area contributed by atoms with Gasteiger partial charge in [0.2, 0.25) is 47.1 Å². The van der Waals surface area contributed by atoms with Gasteiger partial charge in [0.25, 0.3) is 0 Å². The van der Waals surface area contributed by atoms with Gasteiger partial charge in [0.1, 0.15) is 46.4 Å². The molecule has 47 heteroatoms. The Morgan fingerprint density at radius 3 is 1.00 bits per heavy atom. The number of aryl methyl sites for hydroxylation is 4. The third-order valence-electron chi connectivity index (χ3n) is 16.7. The standard InChI is InChI=1S/C19H13F5N6O.C19H14F4N6O.C18H12ClF4N7.C18H13ClF3N7O/c1-8-26-12-6-9(20)2-4-13(12)30(8)19-28-16(25)15(22)17(29-19)27-10-3-5-14(11(21)7-10)31-18(23)24;1-9-25-13-8-10(20)2-7-14(13)29(9)19-27-16(24)15(21)17(28-19)26-11-3-5-12(6-4-11)30-18(22)23;1-8-26-15-12(6-10(19)7-25-15)30(8)17-28-14(24)13(20)16(29-17)27-11-4-2-9(3-5-11)18(21,22)23;1-8-25-15-12(6-9(19)7-24-15)29(8)18-27-14(23)13(20)16(28-18)26-10-2-4-11(5-3-10)30-17(21)22/h2-7,18H,1H3,(H3,25,27,28,29);2-8,18H,1H3,(H3,24,26,27,28);2-7H,1H3,(H3,24,27,28,29);2-7,17H,1H3,(H3,23,26,27,28). The first-order valence-electron chi connectivity index (χ1n) is 34.2. The van der Waals surface area contributed by atoms with Crippen molar-refractivity contribution in [3.05, 3.63) is 232 Å². The van der Waals surface area contributed by atoms with Crippen LogP contribution in [0.5, 0.6) is 17.2 Å². The van der Waals surface area contributed by atoms with Gasteiger partial charge in [-0.15, -0.1) is 0 Å². The lowest BCUT2D eigenvalue weighted by atomic mass is 10.2. The highest BCUT2D eigenvalue weighted by molar-refractivity contribution is 6.31. The maximum Gasteiger partial charge on any atom is 0.416 e. The number of fused-ring (bicyclic) bond motifs is 4. The normalized spacial score (nSPS) is 11.4. The first kappa shape index (κ1) is 84.0. The molecule has 16 rings (SSSR count). The number of imidazole rings is 4. The number of hydrogen-bond donors (Lipinski definition) is 8. The number of aromatic nitrogens is 18. The number of rotatable bonds is 18. The van der Waals surface area contributed by atoms with Gasteiger partial charge in [-0.05, 0) is 149 Å². The van der Waals surface area contributed by atoms with Crippen molar-refractivity contribution >= 4 is 137 Å². The van der Waals surface area contributed by atoms with Crippen molar-refractivity contribution in [3.8, 4) is 41.0 Å². The summed E-state index contributed by atoms with van der Waals surface area (Å²) in [5, 5.41) is 11.4. The van der Waals surface area contributed by atoms with E-state index in [1.807, 2.05) is 0 Å². The highest BCUT2D eigenvalue weighted by Crippen LogP contribution is 2.36. The topological polar surface area (TPSA) is 380 Å². The number of nitrogens with zero attached hydrogens (tertiary/aromatic N) is 18. The van der Waals surface area contributed by atoms with E-state index in [4.69, 9.17) is 46.1 Å². The summed E-state index contributed by atoms with van der Waals surface area (Å²) in [6.45, 7) is -2.44. The fourth-order valence-electron chi connectivity index (χ4n) is 11.5. The van der Waals surface area contributed by atoms with Gasteiger partial charge in [0, 0.05) is 53.3 Å². The van der Waals surface area contributed by atoms with E-state index in [-0.39, 0.29) is 64.1 Å². The molecule has 622 valence electrons. The first-order chi connectivity index (χ1) is 57.5. The van der Waals surface area contributed by atoms with E-state index in [2.05, 4.69) is 105 Å². The molecule has 29 nitrogen and oxygen atoms in total. The molecule has 12 N–H and O–H groups in total. The summed E-state index contributed by atoms with van der Waals surface area (Å²) in [6.07, 6.45) is -1.60. The maximum atomic E-state index is 14.5. The smallest absolute Gasteiger partial charge is 0.416 e. The van der Waals surface area contributed by atoms with Crippen LogP contribution in [-0.2, 0) is 6.18 Å². The second-order valence-electron chi connectivity index (χ2n) is 24.9. The largest absolute Gasteiger partial charge is 0.435 e. The number of hydrogen-bond acceptors (Lipinski definition) is 25. The van der Waals surface area contributed by atoms with Crippen LogP contribution in [0.15, 0.2) is 152 Å². The SMILES string of the molecule is Cc1nc2cc(F)ccc2n1-c1nc(N)c(F)c(Nc2ccc(OC(F)F)c(F)c2)n1.Cc1nc2cc(F)ccc2n1-c1nc(N)c(F)c(Nc2ccc(OC(F)F)cc2)n1.Cc1nc2ncc(Cl)cc2n1-c1nc(N)c(F)c(Nc2ccc(C(F)(F)F)cc2)n1.Cc1nc2ncc(Cl)cc2n1-c1nc(N)c(F)c(Nc2ccc(OC(F)F)cc2)n1. The number of halogens is 18. The lowest BCUT2D eigenvalue weighted by molar-refractivity contribution is -0.137. The number of anilines is 12. The highest BCUT2D eigenvalue weighted by Gasteiger charge is 2.31. The van der Waals surface area contributed by atoms with Gasteiger partial charge in [0.15, 0.2) is 69.4 Å². The summed E-state index contributed by atoms with van der Waals surface area (Å²) < 4.78 is 229. The van der Waals surface area contributed by atoms with Crippen LogP contribution in [0.1, 0.15) is 28.9 Å². The number of ether oxygens (including phenoxy) is 3. The molecule has 0 atom stereocenters. The number of nitrogen functional groups attached to an aromatic ring is 4. The number of alkyl halides is 9. The van der Waals surface area contributed by atoms with Crippen molar-refractivity contribution in [3.63, 3.8) is 0 Å². The average Bonchev–Trinajstić information content (AvgIpc) is 1.67. The van der Waals surface area contributed by atoms with Crippen molar-refractivity contribution in [1.29, 1.82) is 0 Å². The van der Waals surface area contributed by atoms with E-state index in [9.17, 15) is 70.2 Å². The van der Waals surface area contributed by atoms with E-state index in [1.54, 1.807) is 39.8 Å². The Morgan fingerprint density at radius 1 is 0.355 bits per heavy atom. The monoisotopic (exact) mass is 1730 g/mol. The van der Waals surface area contributed by atoms with Crippen molar-refractivity contribution in [2.45, 2.75) is 53.7 Å². The molecule has 0 radical (unpaired) electrons. The van der Waals surface area contributed by atoms with Crippen molar-refractivity contribution < 1.29 is 84.5 Å². The Labute approximate surface area is 677 Å². The van der Waals surface area contributed by atoms with E-state index < -0.39 is 107 Å². The second kappa shape index (κ2) is 34.7. The maximum absolute atomic E-state index is 14.5. The van der Waals surface area contributed by atoms with Crippen LogP contribution in [0, 0.1) is 68.4 Å². The summed E-state index contributed by atoms with van der Waals surface area (Å²) in [7, 11) is 0. The average molecular weight is 1730 g/mol. The molecule has 0 saturated heterocycles. The summed E-state index contributed by atoms with van der Waals surface area (Å²) >= 11 is 12.0. The zero-order valence-corrected chi connectivity index (χ0v) is 63.1. The summed E-state index contributed by atoms with van der Waals surface area (Å²) in [6, 6.07) is 29.0. The van der Waals surface area contributed by atoms with Gasteiger partial charge in [-0.1, -0.05) is 23.2 Å². The zero-order chi connectivity index (χ0) is 86.7. The molecule has 6 aromatic carbocycles. The van der Waals surface area contributed by atoms with Crippen LogP contribution >= 0.6 is 23.2 Å². The molecule has 0 spiro atoms. The molecule has 0 fully saturated rings. The molecule has 0 aliphatic rings. The molecule has 0 bridgehead atoms. The van der Waals surface area contributed by atoms with Crippen LogP contribution in [0.2, 0.25) is 10.0 Å². The highest BCUT2D eigenvalue weighted by atomic mass is 35.5. The summed E-state index contributed by atoms with van der Waals surface area (Å²) in [4.78, 5) is 57.8. The van der Waals surface area contributed by atoms with Gasteiger partial charge in [-0.25, -0.2) is 43.1 Å². The molecule has 16 aromatic rings. The van der Waals surface area contributed by atoms with Crippen LogP contribution < -0.4 is 58.4 Å². The zero-order valence-electron chi connectivity index (χ0n) is 61.6. The van der Waals surface area contributed by atoms with Gasteiger partial charge >= 0.3 is 26.0 Å². The predicted molar refractivity (Wildman–Crippen MR) is 412 cm³/mol. The Hall–Kier alpha value is -14.9. The van der Waals surface area contributed by atoms with E-state index in [1.165, 1.54) is 122 Å². The molecular weight excluding hydrogens is 1680 g/mol. The lowest BCUT2D eigenvalue weighted by Gasteiger charge is -2.12. The molecule has 0 aliphatic carbocycles.